The molecule has 1 N–H and O–H groups in total. The number of aryl methyl sites for hydroxylation is 1. The first-order valence-corrected chi connectivity index (χ1v) is 8.10. The Labute approximate surface area is 127 Å². The van der Waals surface area contributed by atoms with Crippen LogP contribution in [0.1, 0.15) is 49.0 Å². The van der Waals surface area contributed by atoms with E-state index in [0.717, 1.165) is 44.5 Å². The minimum Gasteiger partial charge on any atom is -0.338 e. The first-order chi connectivity index (χ1) is 10.2. The molecule has 1 aromatic heterocycles. The van der Waals surface area contributed by atoms with Crippen molar-refractivity contribution in [2.45, 2.75) is 46.1 Å². The van der Waals surface area contributed by atoms with Crippen LogP contribution in [0.3, 0.4) is 0 Å². The number of nitrogens with one attached hydrogen (secondary N) is 1. The zero-order valence-electron chi connectivity index (χ0n) is 13.4. The lowest BCUT2D eigenvalue weighted by Crippen LogP contribution is -2.51. The summed E-state index contributed by atoms with van der Waals surface area (Å²) in [4.78, 5) is 18.7. The van der Waals surface area contributed by atoms with Gasteiger partial charge < -0.3 is 10.2 Å². The van der Waals surface area contributed by atoms with E-state index in [-0.39, 0.29) is 5.91 Å². The monoisotopic (exact) mass is 289 g/mol. The maximum Gasteiger partial charge on any atom is 0.255 e. The number of hydrogen-bond acceptors (Lipinski definition) is 3. The van der Waals surface area contributed by atoms with Crippen LogP contribution in [0.25, 0.3) is 0 Å². The molecule has 0 aliphatic carbocycles. The number of carbonyl (C=O) groups excluding carboxylic acids is 1. The standard InChI is InChI=1S/C17H27N3O/c1-4-7-19-16-6-8-20(12-14(16)5-2)17(21)15-9-13(3)10-18-11-15/h9-11,14,16,19H,4-8,12H2,1-3H3. The summed E-state index contributed by atoms with van der Waals surface area (Å²) in [5.41, 5.74) is 1.75. The van der Waals surface area contributed by atoms with Crippen LogP contribution >= 0.6 is 0 Å². The zero-order valence-corrected chi connectivity index (χ0v) is 13.4. The fraction of sp³-hybridized carbons (Fsp3) is 0.647. The average Bonchev–Trinajstić information content (AvgIpc) is 2.52. The number of pyridine rings is 1. The zero-order chi connectivity index (χ0) is 15.2. The number of piperidine rings is 1. The molecule has 0 bridgehead atoms. The summed E-state index contributed by atoms with van der Waals surface area (Å²) in [5, 5.41) is 3.63. The van der Waals surface area contributed by atoms with Gasteiger partial charge in [-0.25, -0.2) is 0 Å². The van der Waals surface area contributed by atoms with Crippen LogP contribution in [0.4, 0.5) is 0 Å². The number of likely N-dealkylation sites (tertiary alicyclic amines) is 1. The largest absolute Gasteiger partial charge is 0.338 e. The van der Waals surface area contributed by atoms with Gasteiger partial charge in [-0.15, -0.1) is 0 Å². The SMILES string of the molecule is CCCNC1CCN(C(=O)c2cncc(C)c2)CC1CC. The highest BCUT2D eigenvalue weighted by Crippen LogP contribution is 2.22. The van der Waals surface area contributed by atoms with E-state index < -0.39 is 0 Å². The minimum atomic E-state index is 0.124. The van der Waals surface area contributed by atoms with Gasteiger partial charge in [-0.05, 0) is 43.9 Å². The van der Waals surface area contributed by atoms with Gasteiger partial charge >= 0.3 is 0 Å². The lowest BCUT2D eigenvalue weighted by atomic mass is 9.89. The van der Waals surface area contributed by atoms with E-state index in [1.54, 1.807) is 12.4 Å². The summed E-state index contributed by atoms with van der Waals surface area (Å²) in [6.45, 7) is 9.14. The molecule has 1 aliphatic heterocycles. The van der Waals surface area contributed by atoms with E-state index in [1.807, 2.05) is 17.9 Å². The molecule has 4 heteroatoms. The molecule has 4 nitrogen and oxygen atoms in total. The van der Waals surface area contributed by atoms with Crippen molar-refractivity contribution in [1.82, 2.24) is 15.2 Å². The molecule has 21 heavy (non-hydrogen) atoms. The van der Waals surface area contributed by atoms with Gasteiger partial charge in [0.05, 0.1) is 5.56 Å². The van der Waals surface area contributed by atoms with Crippen molar-refractivity contribution < 1.29 is 4.79 Å². The van der Waals surface area contributed by atoms with Crippen molar-refractivity contribution in [3.05, 3.63) is 29.6 Å². The molecular weight excluding hydrogens is 262 g/mol. The van der Waals surface area contributed by atoms with Crippen LogP contribution < -0.4 is 5.32 Å². The fourth-order valence-electron chi connectivity index (χ4n) is 3.08. The van der Waals surface area contributed by atoms with Crippen LogP contribution in [-0.4, -0.2) is 41.5 Å². The molecule has 0 saturated carbocycles. The molecule has 1 aromatic rings. The summed E-state index contributed by atoms with van der Waals surface area (Å²) in [6, 6.07) is 2.48. The average molecular weight is 289 g/mol. The Bertz CT molecular complexity index is 475. The summed E-state index contributed by atoms with van der Waals surface area (Å²) < 4.78 is 0. The fourth-order valence-corrected chi connectivity index (χ4v) is 3.08. The van der Waals surface area contributed by atoms with Gasteiger partial charge in [0.25, 0.3) is 5.91 Å². The van der Waals surface area contributed by atoms with E-state index in [9.17, 15) is 4.79 Å². The van der Waals surface area contributed by atoms with Gasteiger partial charge in [0.2, 0.25) is 0 Å². The predicted octanol–water partition coefficient (Wildman–Crippen LogP) is 2.63. The molecule has 116 valence electrons. The molecule has 0 radical (unpaired) electrons. The first-order valence-electron chi connectivity index (χ1n) is 8.10. The second kappa shape index (κ2) is 7.55. The van der Waals surface area contributed by atoms with E-state index in [1.165, 1.54) is 0 Å². The van der Waals surface area contributed by atoms with Crippen LogP contribution in [0.2, 0.25) is 0 Å². The third-order valence-electron chi connectivity index (χ3n) is 4.32. The maximum atomic E-state index is 12.6. The predicted molar refractivity (Wildman–Crippen MR) is 85.4 cm³/mol. The Morgan fingerprint density at radius 1 is 1.43 bits per heavy atom. The summed E-state index contributed by atoms with van der Waals surface area (Å²) in [5.74, 6) is 0.672. The molecule has 2 rings (SSSR count). The second-order valence-electron chi connectivity index (χ2n) is 6.02. The van der Waals surface area contributed by atoms with Crippen LogP contribution in [0.5, 0.6) is 0 Å². The number of hydrogen-bond donors (Lipinski definition) is 1. The van der Waals surface area contributed by atoms with Gasteiger partial charge in [-0.1, -0.05) is 20.3 Å². The van der Waals surface area contributed by atoms with Gasteiger partial charge in [0, 0.05) is 31.5 Å². The van der Waals surface area contributed by atoms with E-state index in [2.05, 4.69) is 24.1 Å². The second-order valence-corrected chi connectivity index (χ2v) is 6.02. The number of rotatable bonds is 5. The van der Waals surface area contributed by atoms with Crippen LogP contribution in [-0.2, 0) is 0 Å². The topological polar surface area (TPSA) is 45.2 Å². The lowest BCUT2D eigenvalue weighted by molar-refractivity contribution is 0.0626. The van der Waals surface area contributed by atoms with Gasteiger partial charge in [-0.2, -0.15) is 0 Å². The van der Waals surface area contributed by atoms with E-state index in [0.29, 0.717) is 17.5 Å². The number of amides is 1. The lowest BCUT2D eigenvalue weighted by Gasteiger charge is -2.38. The minimum absolute atomic E-state index is 0.124. The first kappa shape index (κ1) is 16.0. The molecule has 2 heterocycles. The molecule has 1 saturated heterocycles. The highest BCUT2D eigenvalue weighted by atomic mass is 16.2. The van der Waals surface area contributed by atoms with Crippen molar-refractivity contribution in [3.63, 3.8) is 0 Å². The van der Waals surface area contributed by atoms with Gasteiger partial charge in [-0.3, -0.25) is 9.78 Å². The number of aromatic nitrogens is 1. The van der Waals surface area contributed by atoms with Crippen LogP contribution in [0.15, 0.2) is 18.5 Å². The van der Waals surface area contributed by atoms with Gasteiger partial charge in [0.1, 0.15) is 0 Å². The third kappa shape index (κ3) is 4.03. The number of carbonyl (C=O) groups is 1. The van der Waals surface area contributed by atoms with Gasteiger partial charge in [0.15, 0.2) is 0 Å². The van der Waals surface area contributed by atoms with E-state index >= 15 is 0 Å². The van der Waals surface area contributed by atoms with Crippen molar-refractivity contribution in [2.75, 3.05) is 19.6 Å². The normalized spacial score (nSPS) is 22.3. The summed E-state index contributed by atoms with van der Waals surface area (Å²) in [6.07, 6.45) is 6.77. The van der Waals surface area contributed by atoms with Crippen molar-refractivity contribution in [1.29, 1.82) is 0 Å². The van der Waals surface area contributed by atoms with Crippen LogP contribution in [0, 0.1) is 12.8 Å². The molecule has 0 aromatic carbocycles. The summed E-state index contributed by atoms with van der Waals surface area (Å²) in [7, 11) is 0. The Morgan fingerprint density at radius 2 is 2.24 bits per heavy atom. The molecule has 2 unspecified atom stereocenters. The molecule has 0 spiro atoms. The molecule has 1 aliphatic rings. The highest BCUT2D eigenvalue weighted by molar-refractivity contribution is 5.94. The van der Waals surface area contributed by atoms with Crippen molar-refractivity contribution in [3.8, 4) is 0 Å². The number of nitrogens with zero attached hydrogens (tertiary/aromatic N) is 2. The Morgan fingerprint density at radius 3 is 2.90 bits per heavy atom. The smallest absolute Gasteiger partial charge is 0.255 e. The van der Waals surface area contributed by atoms with E-state index in [4.69, 9.17) is 0 Å². The molecule has 1 fully saturated rings. The van der Waals surface area contributed by atoms with Crippen molar-refractivity contribution in [2.24, 2.45) is 5.92 Å². The summed E-state index contributed by atoms with van der Waals surface area (Å²) >= 11 is 0. The van der Waals surface area contributed by atoms with Crippen molar-refractivity contribution >= 4 is 5.91 Å². The quantitative estimate of drug-likeness (QED) is 0.906. The third-order valence-corrected chi connectivity index (χ3v) is 4.32. The highest BCUT2D eigenvalue weighted by Gasteiger charge is 2.30. The molecular formula is C17H27N3O. The Kier molecular flexibility index (Phi) is 5.74. The molecule has 1 amide bonds. The Hall–Kier alpha value is -1.42. The maximum absolute atomic E-state index is 12.6. The Balaban J connectivity index is 2.01. The molecule has 2 atom stereocenters.